The molecular formula is C6H11N5O2. The highest BCUT2D eigenvalue weighted by atomic mass is 16.5. The topological polar surface area (TPSA) is 92.8 Å². The van der Waals surface area contributed by atoms with Crippen LogP contribution in [0.3, 0.4) is 0 Å². The van der Waals surface area contributed by atoms with Crippen LogP contribution in [0.15, 0.2) is 0 Å². The fourth-order valence-corrected chi connectivity index (χ4v) is 0.735. The lowest BCUT2D eigenvalue weighted by atomic mass is 10.3. The van der Waals surface area contributed by atoms with Gasteiger partial charge in [0, 0.05) is 7.11 Å². The second kappa shape index (κ2) is 4.51. The van der Waals surface area contributed by atoms with Crippen LogP contribution in [-0.2, 0) is 9.53 Å². The van der Waals surface area contributed by atoms with Crippen molar-refractivity contribution < 1.29 is 9.53 Å². The Labute approximate surface area is 74.9 Å². The van der Waals surface area contributed by atoms with Crippen molar-refractivity contribution in [3.8, 4) is 0 Å². The molecule has 1 aromatic rings. The molecule has 1 aromatic heterocycles. The summed E-state index contributed by atoms with van der Waals surface area (Å²) in [4.78, 5) is 11.2. The van der Waals surface area contributed by atoms with E-state index in [9.17, 15) is 4.79 Å². The molecule has 0 aliphatic rings. The molecule has 0 saturated heterocycles. The quantitative estimate of drug-likeness (QED) is 0.663. The molecule has 1 heterocycles. The molecule has 0 saturated carbocycles. The molecule has 1 amide bonds. The van der Waals surface area contributed by atoms with Gasteiger partial charge in [-0.25, -0.2) is 0 Å². The molecule has 1 unspecified atom stereocenters. The molecule has 0 aliphatic heterocycles. The van der Waals surface area contributed by atoms with Gasteiger partial charge in [0.25, 0.3) is 5.95 Å². The summed E-state index contributed by atoms with van der Waals surface area (Å²) in [5.74, 6) is -0.0240. The largest absolute Gasteiger partial charge is 0.381 e. The lowest BCUT2D eigenvalue weighted by Crippen LogP contribution is -2.19. The number of carbonyl (C=O) groups is 1. The number of rotatable bonds is 4. The van der Waals surface area contributed by atoms with Crippen LogP contribution in [-0.4, -0.2) is 39.7 Å². The lowest BCUT2D eigenvalue weighted by Gasteiger charge is -2.06. The summed E-state index contributed by atoms with van der Waals surface area (Å²) in [6, 6.07) is 0. The molecule has 0 spiro atoms. The first kappa shape index (κ1) is 9.59. The second-order valence-electron chi connectivity index (χ2n) is 2.53. The Kier molecular flexibility index (Phi) is 3.32. The van der Waals surface area contributed by atoms with Gasteiger partial charge >= 0.3 is 0 Å². The van der Waals surface area contributed by atoms with E-state index in [1.165, 1.54) is 0 Å². The van der Waals surface area contributed by atoms with Crippen LogP contribution in [0.2, 0.25) is 0 Å². The number of H-pyrrole nitrogens is 1. The summed E-state index contributed by atoms with van der Waals surface area (Å²) >= 11 is 0. The van der Waals surface area contributed by atoms with Crippen molar-refractivity contribution in [1.29, 1.82) is 0 Å². The van der Waals surface area contributed by atoms with E-state index in [0.29, 0.717) is 0 Å². The molecule has 1 rings (SSSR count). The Morgan fingerprint density at radius 1 is 1.77 bits per heavy atom. The number of hydrogen-bond acceptors (Lipinski definition) is 5. The summed E-state index contributed by atoms with van der Waals surface area (Å²) < 4.78 is 4.91. The summed E-state index contributed by atoms with van der Waals surface area (Å²) in [7, 11) is 1.55. The number of ether oxygens (including phenoxy) is 1. The Morgan fingerprint density at radius 2 is 2.54 bits per heavy atom. The van der Waals surface area contributed by atoms with Crippen molar-refractivity contribution in [2.24, 2.45) is 0 Å². The molecule has 0 aromatic carbocycles. The predicted octanol–water partition coefficient (Wildman–Crippen LogP) is -0.437. The first-order chi connectivity index (χ1) is 6.22. The number of tetrazole rings is 1. The molecular weight excluding hydrogens is 174 g/mol. The Hall–Kier alpha value is -1.50. The second-order valence-corrected chi connectivity index (χ2v) is 2.53. The molecule has 0 fully saturated rings. The van der Waals surface area contributed by atoms with E-state index in [1.54, 1.807) is 14.0 Å². The molecule has 0 aliphatic carbocycles. The number of nitrogens with zero attached hydrogens (tertiary/aromatic N) is 3. The van der Waals surface area contributed by atoms with E-state index in [-0.39, 0.29) is 24.4 Å². The Bertz CT molecular complexity index is 260. The maximum absolute atomic E-state index is 11.2. The van der Waals surface area contributed by atoms with Crippen molar-refractivity contribution >= 4 is 11.9 Å². The minimum Gasteiger partial charge on any atom is -0.381 e. The van der Waals surface area contributed by atoms with Crippen molar-refractivity contribution in [2.75, 3.05) is 12.4 Å². The predicted molar refractivity (Wildman–Crippen MR) is 43.9 cm³/mol. The normalized spacial score (nSPS) is 12.5. The number of nitrogens with one attached hydrogen (secondary N) is 2. The maximum atomic E-state index is 11.2. The van der Waals surface area contributed by atoms with Crippen LogP contribution >= 0.6 is 0 Å². The van der Waals surface area contributed by atoms with E-state index >= 15 is 0 Å². The van der Waals surface area contributed by atoms with Crippen molar-refractivity contribution in [3.63, 3.8) is 0 Å². The molecule has 7 heteroatoms. The van der Waals surface area contributed by atoms with Crippen molar-refractivity contribution in [2.45, 2.75) is 19.4 Å². The van der Waals surface area contributed by atoms with Crippen LogP contribution in [0.1, 0.15) is 13.3 Å². The summed E-state index contributed by atoms with van der Waals surface area (Å²) in [6.45, 7) is 1.80. The number of methoxy groups -OCH3 is 1. The number of aromatic amines is 1. The Morgan fingerprint density at radius 3 is 3.08 bits per heavy atom. The fraction of sp³-hybridized carbons (Fsp3) is 0.667. The average Bonchev–Trinajstić information content (AvgIpc) is 2.56. The summed E-state index contributed by atoms with van der Waals surface area (Å²) in [5, 5.41) is 15.1. The van der Waals surface area contributed by atoms with Gasteiger partial charge in [-0.2, -0.15) is 5.21 Å². The molecule has 7 nitrogen and oxygen atoms in total. The number of carbonyl (C=O) groups excluding carboxylic acids is 1. The van der Waals surface area contributed by atoms with Crippen LogP contribution in [0.5, 0.6) is 0 Å². The molecule has 1 atom stereocenters. The third-order valence-corrected chi connectivity index (χ3v) is 1.47. The minimum atomic E-state index is -0.198. The van der Waals surface area contributed by atoms with Gasteiger partial charge in [-0.05, 0) is 12.1 Å². The van der Waals surface area contributed by atoms with Gasteiger partial charge in [0.2, 0.25) is 5.91 Å². The van der Waals surface area contributed by atoms with Gasteiger partial charge < -0.3 is 4.74 Å². The monoisotopic (exact) mass is 185 g/mol. The third-order valence-electron chi connectivity index (χ3n) is 1.47. The lowest BCUT2D eigenvalue weighted by molar-refractivity contribution is -0.118. The summed E-state index contributed by atoms with van der Waals surface area (Å²) in [5.41, 5.74) is 0. The molecule has 13 heavy (non-hydrogen) atoms. The number of amides is 1. The van der Waals surface area contributed by atoms with Gasteiger partial charge in [0.05, 0.1) is 12.5 Å². The van der Waals surface area contributed by atoms with Gasteiger partial charge in [0.15, 0.2) is 0 Å². The zero-order chi connectivity index (χ0) is 9.68. The first-order valence-corrected chi connectivity index (χ1v) is 3.78. The highest BCUT2D eigenvalue weighted by Gasteiger charge is 2.09. The molecule has 0 radical (unpaired) electrons. The highest BCUT2D eigenvalue weighted by molar-refractivity contribution is 5.89. The maximum Gasteiger partial charge on any atom is 0.269 e. The first-order valence-electron chi connectivity index (χ1n) is 3.78. The van der Waals surface area contributed by atoms with E-state index in [1.807, 2.05) is 0 Å². The smallest absolute Gasteiger partial charge is 0.269 e. The van der Waals surface area contributed by atoms with Crippen LogP contribution < -0.4 is 5.32 Å². The average molecular weight is 185 g/mol. The third kappa shape index (κ3) is 3.16. The number of aromatic nitrogens is 4. The van der Waals surface area contributed by atoms with Gasteiger partial charge in [-0.15, -0.1) is 5.10 Å². The minimum absolute atomic E-state index is 0.119. The van der Waals surface area contributed by atoms with Gasteiger partial charge in [-0.1, -0.05) is 5.10 Å². The van der Waals surface area contributed by atoms with Crippen molar-refractivity contribution in [3.05, 3.63) is 0 Å². The van der Waals surface area contributed by atoms with Gasteiger partial charge in [-0.3, -0.25) is 10.1 Å². The molecule has 0 bridgehead atoms. The fourth-order valence-electron chi connectivity index (χ4n) is 0.735. The zero-order valence-corrected chi connectivity index (χ0v) is 7.44. The van der Waals surface area contributed by atoms with E-state index < -0.39 is 0 Å². The summed E-state index contributed by atoms with van der Waals surface area (Å²) in [6.07, 6.45) is 0.150. The number of hydrogen-bond donors (Lipinski definition) is 2. The van der Waals surface area contributed by atoms with E-state index in [0.717, 1.165) is 0 Å². The molecule has 2 N–H and O–H groups in total. The van der Waals surface area contributed by atoms with Crippen LogP contribution in [0, 0.1) is 0 Å². The van der Waals surface area contributed by atoms with E-state index in [2.05, 4.69) is 25.9 Å². The number of anilines is 1. The van der Waals surface area contributed by atoms with E-state index in [4.69, 9.17) is 4.74 Å². The SMILES string of the molecule is COC(C)CC(=O)Nc1nn[nH]n1. The highest BCUT2D eigenvalue weighted by Crippen LogP contribution is 1.98. The Balaban J connectivity index is 2.34. The van der Waals surface area contributed by atoms with Gasteiger partial charge in [0.1, 0.15) is 0 Å². The molecule has 72 valence electrons. The standard InChI is InChI=1S/C6H11N5O2/c1-4(13-2)3-5(12)7-6-8-10-11-9-6/h4H,3H2,1-2H3,(H2,7,8,9,10,11,12). The zero-order valence-electron chi connectivity index (χ0n) is 7.44. The van der Waals surface area contributed by atoms with Crippen LogP contribution in [0.4, 0.5) is 5.95 Å². The van der Waals surface area contributed by atoms with Crippen molar-refractivity contribution in [1.82, 2.24) is 20.6 Å². The van der Waals surface area contributed by atoms with Crippen LogP contribution in [0.25, 0.3) is 0 Å².